The topological polar surface area (TPSA) is 137 Å². The van der Waals surface area contributed by atoms with Crippen LogP contribution in [0.5, 0.6) is 0 Å². The van der Waals surface area contributed by atoms with Crippen molar-refractivity contribution in [1.29, 1.82) is 0 Å². The molecule has 1 N–H and O–H groups in total. The maximum atomic E-state index is 12.4. The van der Waals surface area contributed by atoms with Crippen molar-refractivity contribution >= 4 is 23.7 Å². The second-order valence-corrected chi connectivity index (χ2v) is 5.25. The van der Waals surface area contributed by atoms with Crippen LogP contribution in [0.1, 0.15) is 17.3 Å². The molecule has 11 nitrogen and oxygen atoms in total. The van der Waals surface area contributed by atoms with Crippen molar-refractivity contribution in [3.05, 3.63) is 39.9 Å². The fraction of sp³-hybridized carbons (Fsp3) is 0.400. The molecule has 0 unspecified atom stereocenters. The molecule has 26 heavy (non-hydrogen) atoms. The lowest BCUT2D eigenvalue weighted by atomic mass is 10.1. The molecule has 0 saturated carbocycles. The van der Waals surface area contributed by atoms with Crippen LogP contribution in [0.4, 0.5) is 10.5 Å². The Hall–Kier alpha value is -3.21. The van der Waals surface area contributed by atoms with E-state index in [2.05, 4.69) is 10.1 Å². The maximum Gasteiger partial charge on any atom is 0.407 e. The van der Waals surface area contributed by atoms with Crippen molar-refractivity contribution in [3.63, 3.8) is 0 Å². The Kier molecular flexibility index (Phi) is 7.02. The number of nitro groups is 1. The second kappa shape index (κ2) is 8.76. The molecular weight excluding hydrogens is 350 g/mol. The van der Waals surface area contributed by atoms with Crippen LogP contribution in [-0.4, -0.2) is 61.4 Å². The number of hydrogen-bond acceptors (Lipinski definition) is 8. The molecule has 1 atom stereocenters. The van der Waals surface area contributed by atoms with Gasteiger partial charge in [-0.3, -0.25) is 19.7 Å². The first-order valence-electron chi connectivity index (χ1n) is 7.26. The van der Waals surface area contributed by atoms with Crippen molar-refractivity contribution < 1.29 is 33.6 Å². The van der Waals surface area contributed by atoms with Gasteiger partial charge in [-0.2, -0.15) is 0 Å². The highest BCUT2D eigenvalue weighted by molar-refractivity contribution is 5.94. The number of carbonyl (C=O) groups excluding carboxylic acids is 3. The monoisotopic (exact) mass is 369 g/mol. The maximum absolute atomic E-state index is 12.4. The molecule has 0 heterocycles. The zero-order valence-electron chi connectivity index (χ0n) is 14.7. The van der Waals surface area contributed by atoms with E-state index in [0.29, 0.717) is 0 Å². The number of likely N-dealkylation sites (N-methyl/N-ethyl adjacent to an activating group) is 1. The zero-order valence-corrected chi connectivity index (χ0v) is 14.7. The number of nitrogens with zero attached hydrogens (tertiary/aromatic N) is 2. The Bertz CT molecular complexity index is 691. The van der Waals surface area contributed by atoms with Gasteiger partial charge in [-0.25, -0.2) is 14.7 Å². The summed E-state index contributed by atoms with van der Waals surface area (Å²) in [5.74, 6) is -1.65. The molecule has 0 bridgehead atoms. The molecule has 2 amide bonds. The van der Waals surface area contributed by atoms with Gasteiger partial charge in [0.1, 0.15) is 0 Å². The van der Waals surface area contributed by atoms with E-state index in [4.69, 9.17) is 9.57 Å². The molecule has 11 heteroatoms. The highest BCUT2D eigenvalue weighted by Crippen LogP contribution is 2.18. The molecular formula is C15H19N3O8. The normalized spacial score (nSPS) is 12.5. The van der Waals surface area contributed by atoms with E-state index in [-0.39, 0.29) is 17.8 Å². The summed E-state index contributed by atoms with van der Waals surface area (Å²) in [4.78, 5) is 50.9. The van der Waals surface area contributed by atoms with Crippen LogP contribution in [0.2, 0.25) is 0 Å². The number of ether oxygens (including phenoxy) is 2. The van der Waals surface area contributed by atoms with Crippen molar-refractivity contribution in [1.82, 2.24) is 10.4 Å². The van der Waals surface area contributed by atoms with Gasteiger partial charge in [0.2, 0.25) is 5.60 Å². The molecule has 0 saturated heterocycles. The summed E-state index contributed by atoms with van der Waals surface area (Å²) in [6, 6.07) is 4.64. The lowest BCUT2D eigenvalue weighted by Crippen LogP contribution is -2.54. The van der Waals surface area contributed by atoms with E-state index >= 15 is 0 Å². The minimum Gasteiger partial charge on any atom is -0.453 e. The molecule has 0 fully saturated rings. The molecule has 0 aliphatic heterocycles. The summed E-state index contributed by atoms with van der Waals surface area (Å²) < 4.78 is 9.68. The number of benzene rings is 1. The first-order valence-corrected chi connectivity index (χ1v) is 7.26. The molecule has 0 aromatic heterocycles. The summed E-state index contributed by atoms with van der Waals surface area (Å²) in [5.41, 5.74) is -2.02. The van der Waals surface area contributed by atoms with Gasteiger partial charge in [-0.05, 0) is 19.1 Å². The van der Waals surface area contributed by atoms with Crippen LogP contribution < -0.4 is 5.32 Å². The fourth-order valence-electron chi connectivity index (χ4n) is 1.87. The molecule has 0 aliphatic carbocycles. The highest BCUT2D eigenvalue weighted by atomic mass is 16.7. The van der Waals surface area contributed by atoms with E-state index in [0.717, 1.165) is 24.3 Å². The Morgan fingerprint density at radius 2 is 1.81 bits per heavy atom. The van der Waals surface area contributed by atoms with Crippen LogP contribution in [-0.2, 0) is 19.1 Å². The quantitative estimate of drug-likeness (QED) is 0.425. The smallest absolute Gasteiger partial charge is 0.407 e. The van der Waals surface area contributed by atoms with Crippen molar-refractivity contribution in [2.24, 2.45) is 0 Å². The van der Waals surface area contributed by atoms with Crippen LogP contribution in [0.15, 0.2) is 24.3 Å². The van der Waals surface area contributed by atoms with Crippen LogP contribution in [0, 0.1) is 10.1 Å². The van der Waals surface area contributed by atoms with Crippen LogP contribution in [0.25, 0.3) is 0 Å². The summed E-state index contributed by atoms with van der Waals surface area (Å²) in [5, 5.41) is 13.8. The zero-order chi connectivity index (χ0) is 19.9. The molecule has 142 valence electrons. The predicted octanol–water partition coefficient (Wildman–Crippen LogP) is 0.886. The predicted molar refractivity (Wildman–Crippen MR) is 87.1 cm³/mol. The molecule has 0 radical (unpaired) electrons. The number of rotatable bonds is 7. The van der Waals surface area contributed by atoms with Crippen molar-refractivity contribution in [2.75, 3.05) is 27.8 Å². The Morgan fingerprint density at radius 3 is 2.27 bits per heavy atom. The van der Waals surface area contributed by atoms with Crippen LogP contribution >= 0.6 is 0 Å². The third-order valence-electron chi connectivity index (χ3n) is 3.40. The first kappa shape index (κ1) is 20.8. The summed E-state index contributed by atoms with van der Waals surface area (Å²) in [6.07, 6.45) is -0.824. The van der Waals surface area contributed by atoms with Gasteiger partial charge in [0.25, 0.3) is 11.6 Å². The van der Waals surface area contributed by atoms with Gasteiger partial charge >= 0.3 is 12.1 Å². The Balaban J connectivity index is 3.02. The lowest BCUT2D eigenvalue weighted by molar-refractivity contribution is -0.384. The van der Waals surface area contributed by atoms with Crippen molar-refractivity contribution in [3.8, 4) is 0 Å². The Labute approximate surface area is 148 Å². The molecule has 1 aromatic rings. The van der Waals surface area contributed by atoms with Gasteiger partial charge in [0.05, 0.1) is 31.3 Å². The SMILES string of the molecule is COC(=O)NC[C@](C)(OC(=O)c1ccc([N+](=O)[O-])cc1)C(=O)N(C)OC. The number of nitrogens with one attached hydrogen (secondary N) is 1. The summed E-state index contributed by atoms with van der Waals surface area (Å²) in [6.45, 7) is 0.898. The van der Waals surface area contributed by atoms with Crippen molar-refractivity contribution in [2.45, 2.75) is 12.5 Å². The number of carbonyl (C=O) groups is 3. The number of nitro benzene ring substituents is 1. The van der Waals surface area contributed by atoms with E-state index in [9.17, 15) is 24.5 Å². The standard InChI is InChI=1S/C15H19N3O8/c1-15(9-16-14(21)24-3,13(20)17(2)25-4)26-12(19)10-5-7-11(8-6-10)18(22)23/h5-8H,9H2,1-4H3,(H,16,21)/t15-/m0/s1. The van der Waals surface area contributed by atoms with Gasteiger partial charge in [0, 0.05) is 19.2 Å². The largest absolute Gasteiger partial charge is 0.453 e. The molecule has 0 aliphatic rings. The number of esters is 1. The second-order valence-electron chi connectivity index (χ2n) is 5.25. The van der Waals surface area contributed by atoms with E-state index in [1.54, 1.807) is 0 Å². The van der Waals surface area contributed by atoms with Crippen LogP contribution in [0.3, 0.4) is 0 Å². The molecule has 1 aromatic carbocycles. The van der Waals surface area contributed by atoms with Gasteiger partial charge < -0.3 is 14.8 Å². The summed E-state index contributed by atoms with van der Waals surface area (Å²) >= 11 is 0. The molecule has 1 rings (SSSR count). The third-order valence-corrected chi connectivity index (χ3v) is 3.40. The van der Waals surface area contributed by atoms with Gasteiger partial charge in [-0.1, -0.05) is 0 Å². The average Bonchev–Trinajstić information content (AvgIpc) is 2.64. The minimum absolute atomic E-state index is 0.00670. The third kappa shape index (κ3) is 5.14. The van der Waals surface area contributed by atoms with E-state index in [1.165, 1.54) is 33.2 Å². The Morgan fingerprint density at radius 1 is 1.23 bits per heavy atom. The number of methoxy groups -OCH3 is 1. The number of alkyl carbamates (subject to hydrolysis) is 1. The van der Waals surface area contributed by atoms with Gasteiger partial charge in [0.15, 0.2) is 0 Å². The molecule has 0 spiro atoms. The number of hydroxylamine groups is 2. The highest BCUT2D eigenvalue weighted by Gasteiger charge is 2.41. The van der Waals surface area contributed by atoms with E-state index < -0.39 is 28.5 Å². The number of non-ortho nitro benzene ring substituents is 1. The lowest BCUT2D eigenvalue weighted by Gasteiger charge is -2.31. The number of amides is 2. The average molecular weight is 369 g/mol. The number of hydrogen-bond donors (Lipinski definition) is 1. The van der Waals surface area contributed by atoms with E-state index in [1.807, 2.05) is 0 Å². The minimum atomic E-state index is -1.81. The fourth-order valence-corrected chi connectivity index (χ4v) is 1.87. The van der Waals surface area contributed by atoms with Gasteiger partial charge in [-0.15, -0.1) is 0 Å². The summed E-state index contributed by atoms with van der Waals surface area (Å²) in [7, 11) is 3.68. The first-order chi connectivity index (χ1) is 12.1.